The van der Waals surface area contributed by atoms with Crippen LogP contribution in [0.2, 0.25) is 0 Å². The van der Waals surface area contributed by atoms with E-state index in [0.29, 0.717) is 6.04 Å². The van der Waals surface area contributed by atoms with Crippen molar-refractivity contribution in [1.82, 2.24) is 4.90 Å². The highest BCUT2D eigenvalue weighted by Crippen LogP contribution is 2.10. The van der Waals surface area contributed by atoms with Gasteiger partial charge in [-0.1, -0.05) is 20.3 Å². The lowest BCUT2D eigenvalue weighted by atomic mass is 10.1. The van der Waals surface area contributed by atoms with Crippen molar-refractivity contribution in [3.05, 3.63) is 0 Å². The second-order valence-electron chi connectivity index (χ2n) is 4.05. The minimum atomic E-state index is 0.675. The predicted molar refractivity (Wildman–Crippen MR) is 64.6 cm³/mol. The van der Waals surface area contributed by atoms with Gasteiger partial charge in [0.25, 0.3) is 0 Å². The van der Waals surface area contributed by atoms with Gasteiger partial charge in [0.05, 0.1) is 0 Å². The summed E-state index contributed by atoms with van der Waals surface area (Å²) in [5.74, 6) is 1.78. The first-order valence-corrected chi connectivity index (χ1v) is 6.13. The van der Waals surface area contributed by atoms with Gasteiger partial charge in [-0.15, -0.1) is 0 Å². The van der Waals surface area contributed by atoms with Crippen molar-refractivity contribution >= 4 is 12.6 Å². The van der Waals surface area contributed by atoms with E-state index in [1.54, 1.807) is 0 Å². The van der Waals surface area contributed by atoms with Gasteiger partial charge < -0.3 is 4.90 Å². The molecule has 0 radical (unpaired) electrons. The lowest BCUT2D eigenvalue weighted by Crippen LogP contribution is -2.36. The van der Waals surface area contributed by atoms with Crippen LogP contribution in [-0.4, -0.2) is 29.8 Å². The highest BCUT2D eigenvalue weighted by Gasteiger charge is 2.13. The summed E-state index contributed by atoms with van der Waals surface area (Å²) in [5, 5.41) is 0. The molecule has 0 heterocycles. The molecule has 0 spiro atoms. The zero-order valence-corrected chi connectivity index (χ0v) is 10.5. The van der Waals surface area contributed by atoms with Crippen molar-refractivity contribution in [2.75, 3.05) is 18.8 Å². The Labute approximate surface area is 89.3 Å². The standard InChI is InChI=1S/C11H25NS/c1-5-7-12(10(3)4)8-11(6-2)9-13/h10-11,13H,5-9H2,1-4H3. The quantitative estimate of drug-likeness (QED) is 0.622. The van der Waals surface area contributed by atoms with Crippen LogP contribution < -0.4 is 0 Å². The maximum atomic E-state index is 4.38. The fourth-order valence-corrected chi connectivity index (χ4v) is 1.87. The molecule has 0 aromatic heterocycles. The summed E-state index contributed by atoms with van der Waals surface area (Å²) >= 11 is 4.38. The molecule has 0 rings (SSSR count). The Kier molecular flexibility index (Phi) is 7.87. The molecule has 0 saturated carbocycles. The smallest absolute Gasteiger partial charge is 0.00387 e. The molecule has 0 N–H and O–H groups in total. The minimum Gasteiger partial charge on any atom is -0.301 e. The van der Waals surface area contributed by atoms with E-state index in [4.69, 9.17) is 0 Å². The van der Waals surface area contributed by atoms with Crippen molar-refractivity contribution in [1.29, 1.82) is 0 Å². The van der Waals surface area contributed by atoms with E-state index < -0.39 is 0 Å². The zero-order valence-electron chi connectivity index (χ0n) is 9.58. The third-order valence-electron chi connectivity index (χ3n) is 2.57. The molecule has 80 valence electrons. The number of rotatable bonds is 7. The van der Waals surface area contributed by atoms with Crippen molar-refractivity contribution in [2.24, 2.45) is 5.92 Å². The van der Waals surface area contributed by atoms with Crippen LogP contribution in [0, 0.1) is 5.92 Å². The number of hydrogen-bond donors (Lipinski definition) is 1. The molecule has 2 heteroatoms. The predicted octanol–water partition coefficient (Wildman–Crippen LogP) is 3.06. The van der Waals surface area contributed by atoms with Gasteiger partial charge >= 0.3 is 0 Å². The molecule has 0 saturated heterocycles. The molecular weight excluding hydrogens is 178 g/mol. The molecule has 1 nitrogen and oxygen atoms in total. The van der Waals surface area contributed by atoms with Gasteiger partial charge in [-0.2, -0.15) is 12.6 Å². The topological polar surface area (TPSA) is 3.24 Å². The summed E-state index contributed by atoms with van der Waals surface area (Å²) in [6.07, 6.45) is 2.50. The molecule has 1 unspecified atom stereocenters. The van der Waals surface area contributed by atoms with E-state index >= 15 is 0 Å². The maximum Gasteiger partial charge on any atom is 0.00387 e. The Bertz CT molecular complexity index is 111. The van der Waals surface area contributed by atoms with Crippen molar-refractivity contribution in [3.8, 4) is 0 Å². The largest absolute Gasteiger partial charge is 0.301 e. The zero-order chi connectivity index (χ0) is 10.3. The maximum absolute atomic E-state index is 4.38. The van der Waals surface area contributed by atoms with Crippen molar-refractivity contribution in [3.63, 3.8) is 0 Å². The van der Waals surface area contributed by atoms with Gasteiger partial charge in [-0.25, -0.2) is 0 Å². The summed E-state index contributed by atoms with van der Waals surface area (Å²) in [5.41, 5.74) is 0. The summed E-state index contributed by atoms with van der Waals surface area (Å²) in [4.78, 5) is 2.56. The normalized spacial score (nSPS) is 14.1. The van der Waals surface area contributed by atoms with E-state index in [0.717, 1.165) is 11.7 Å². The van der Waals surface area contributed by atoms with Gasteiger partial charge in [0.15, 0.2) is 0 Å². The van der Waals surface area contributed by atoms with Gasteiger partial charge in [0.2, 0.25) is 0 Å². The van der Waals surface area contributed by atoms with E-state index in [1.165, 1.54) is 25.9 Å². The Morgan fingerprint density at radius 1 is 1.23 bits per heavy atom. The van der Waals surface area contributed by atoms with Crippen LogP contribution in [0.25, 0.3) is 0 Å². The lowest BCUT2D eigenvalue weighted by molar-refractivity contribution is 0.192. The van der Waals surface area contributed by atoms with Crippen LogP contribution in [-0.2, 0) is 0 Å². The molecule has 0 aromatic carbocycles. The second-order valence-corrected chi connectivity index (χ2v) is 4.41. The van der Waals surface area contributed by atoms with E-state index in [-0.39, 0.29) is 0 Å². The first-order valence-electron chi connectivity index (χ1n) is 5.50. The Hall–Kier alpha value is 0.310. The fraction of sp³-hybridized carbons (Fsp3) is 1.00. The molecule has 0 fully saturated rings. The first kappa shape index (κ1) is 13.3. The molecule has 0 aliphatic heterocycles. The first-order chi connectivity index (χ1) is 6.15. The number of nitrogens with zero attached hydrogens (tertiary/aromatic N) is 1. The molecule has 0 bridgehead atoms. The van der Waals surface area contributed by atoms with Gasteiger partial charge in [-0.3, -0.25) is 0 Å². The summed E-state index contributed by atoms with van der Waals surface area (Å²) < 4.78 is 0. The second kappa shape index (κ2) is 7.69. The molecule has 1 atom stereocenters. The Morgan fingerprint density at radius 2 is 1.85 bits per heavy atom. The molecule has 0 aliphatic carbocycles. The summed E-state index contributed by atoms with van der Waals surface area (Å²) in [6.45, 7) is 11.5. The SMILES string of the molecule is CCCN(CC(CC)CS)C(C)C. The number of thiol groups is 1. The minimum absolute atomic E-state index is 0.675. The third kappa shape index (κ3) is 5.58. The summed E-state index contributed by atoms with van der Waals surface area (Å²) in [6, 6.07) is 0.675. The molecular formula is C11H25NS. The highest BCUT2D eigenvalue weighted by molar-refractivity contribution is 7.80. The van der Waals surface area contributed by atoms with E-state index in [1.807, 2.05) is 0 Å². The lowest BCUT2D eigenvalue weighted by Gasteiger charge is -2.29. The fourth-order valence-electron chi connectivity index (χ4n) is 1.50. The van der Waals surface area contributed by atoms with E-state index in [2.05, 4.69) is 45.2 Å². The van der Waals surface area contributed by atoms with Gasteiger partial charge in [-0.05, 0) is 38.5 Å². The number of hydrogen-bond acceptors (Lipinski definition) is 2. The average Bonchev–Trinajstić information content (AvgIpc) is 2.11. The Balaban J connectivity index is 3.91. The third-order valence-corrected chi connectivity index (χ3v) is 3.09. The van der Waals surface area contributed by atoms with Crippen LogP contribution in [0.4, 0.5) is 0 Å². The van der Waals surface area contributed by atoms with Crippen LogP contribution in [0.3, 0.4) is 0 Å². The Morgan fingerprint density at radius 3 is 2.15 bits per heavy atom. The molecule has 0 aliphatic rings. The monoisotopic (exact) mass is 203 g/mol. The summed E-state index contributed by atoms with van der Waals surface area (Å²) in [7, 11) is 0. The van der Waals surface area contributed by atoms with Crippen molar-refractivity contribution in [2.45, 2.75) is 46.6 Å². The average molecular weight is 203 g/mol. The van der Waals surface area contributed by atoms with Crippen LogP contribution in [0.5, 0.6) is 0 Å². The molecule has 0 aromatic rings. The highest BCUT2D eigenvalue weighted by atomic mass is 32.1. The van der Waals surface area contributed by atoms with Gasteiger partial charge in [0.1, 0.15) is 0 Å². The van der Waals surface area contributed by atoms with E-state index in [9.17, 15) is 0 Å². The van der Waals surface area contributed by atoms with Gasteiger partial charge in [0, 0.05) is 12.6 Å². The van der Waals surface area contributed by atoms with Crippen LogP contribution >= 0.6 is 12.6 Å². The molecule has 0 amide bonds. The molecule has 13 heavy (non-hydrogen) atoms. The van der Waals surface area contributed by atoms with Crippen LogP contribution in [0.1, 0.15) is 40.5 Å². The van der Waals surface area contributed by atoms with Crippen molar-refractivity contribution < 1.29 is 0 Å². The van der Waals surface area contributed by atoms with Crippen LogP contribution in [0.15, 0.2) is 0 Å².